The molecule has 1 fully saturated rings. The average Bonchev–Trinajstić information content (AvgIpc) is 2.65. The molecule has 3 nitrogen and oxygen atoms in total. The van der Waals surface area contributed by atoms with Gasteiger partial charge in [-0.05, 0) is 60.9 Å². The first-order chi connectivity index (χ1) is 13.2. The van der Waals surface area contributed by atoms with Crippen LogP contribution < -0.4 is 0 Å². The lowest BCUT2D eigenvalue weighted by Gasteiger charge is -2.51. The Morgan fingerprint density at radius 3 is 2.71 bits per heavy atom. The summed E-state index contributed by atoms with van der Waals surface area (Å²) < 4.78 is 6.61. The van der Waals surface area contributed by atoms with Crippen LogP contribution >= 0.6 is 0 Å². The minimum absolute atomic E-state index is 0.161. The first-order valence-electron chi connectivity index (χ1n) is 10.9. The Morgan fingerprint density at radius 2 is 1.96 bits per heavy atom. The lowest BCUT2D eigenvalue weighted by Crippen LogP contribution is -2.57. The summed E-state index contributed by atoms with van der Waals surface area (Å²) in [5.41, 5.74) is 2.76. The standard InChI is InChI=1S/C24H35NO2Si/c1-24(2,3)28(4,5)27-16-19-14-17-10-6-8-12-20(17)22-15-18-11-7-9-13-21(18)23(26)25(19)22/h6-8,10-12,18-19,21-22H,9,13-16H2,1-5H3/t18-,19+,21-,22-/m1/s1. The van der Waals surface area contributed by atoms with Crippen molar-refractivity contribution < 1.29 is 9.22 Å². The maximum absolute atomic E-state index is 13.6. The molecule has 4 rings (SSSR count). The average molecular weight is 398 g/mol. The second kappa shape index (κ2) is 7.14. The van der Waals surface area contributed by atoms with Crippen molar-refractivity contribution in [3.63, 3.8) is 0 Å². The molecule has 28 heavy (non-hydrogen) atoms. The Labute approximate surface area is 171 Å². The highest BCUT2D eigenvalue weighted by atomic mass is 28.4. The molecule has 0 saturated carbocycles. The van der Waals surface area contributed by atoms with Crippen LogP contribution in [0, 0.1) is 11.8 Å². The van der Waals surface area contributed by atoms with Crippen molar-refractivity contribution in [3.8, 4) is 0 Å². The summed E-state index contributed by atoms with van der Waals surface area (Å²) in [6.07, 6.45) is 8.59. The number of fused-ring (bicyclic) bond motifs is 4. The second-order valence-electron chi connectivity index (χ2n) is 10.4. The van der Waals surface area contributed by atoms with Crippen molar-refractivity contribution in [3.05, 3.63) is 47.5 Å². The zero-order valence-corrected chi connectivity index (χ0v) is 19.1. The zero-order chi connectivity index (χ0) is 20.1. The zero-order valence-electron chi connectivity index (χ0n) is 18.1. The molecule has 0 unspecified atom stereocenters. The molecule has 1 aromatic carbocycles. The van der Waals surface area contributed by atoms with E-state index < -0.39 is 8.32 Å². The Balaban J connectivity index is 1.64. The van der Waals surface area contributed by atoms with Crippen molar-refractivity contribution >= 4 is 14.2 Å². The van der Waals surface area contributed by atoms with Crippen molar-refractivity contribution in [1.29, 1.82) is 0 Å². The maximum atomic E-state index is 13.6. The van der Waals surface area contributed by atoms with Crippen molar-refractivity contribution in [2.75, 3.05) is 6.61 Å². The SMILES string of the molecule is CC(C)(C)[Si](C)(C)OC[C@@H]1Cc2ccccc2[C@H]2C[C@H]3C=CCC[C@H]3C(=O)N12. The summed E-state index contributed by atoms with van der Waals surface area (Å²) >= 11 is 0. The molecule has 1 amide bonds. The van der Waals surface area contributed by atoms with Crippen LogP contribution in [0.2, 0.25) is 18.1 Å². The molecule has 2 aliphatic heterocycles. The highest BCUT2D eigenvalue weighted by Crippen LogP contribution is 2.47. The van der Waals surface area contributed by atoms with E-state index in [1.54, 1.807) is 0 Å². The molecule has 152 valence electrons. The van der Waals surface area contributed by atoms with E-state index in [-0.39, 0.29) is 23.0 Å². The number of nitrogens with zero attached hydrogens (tertiary/aromatic N) is 1. The molecular weight excluding hydrogens is 362 g/mol. The predicted octanol–water partition coefficient (Wildman–Crippen LogP) is 5.49. The first-order valence-corrected chi connectivity index (χ1v) is 13.8. The van der Waals surface area contributed by atoms with E-state index in [2.05, 4.69) is 75.2 Å². The van der Waals surface area contributed by atoms with Crippen LogP contribution in [0.3, 0.4) is 0 Å². The fraction of sp³-hybridized carbons (Fsp3) is 0.625. The number of rotatable bonds is 3. The molecule has 0 bridgehead atoms. The number of benzene rings is 1. The predicted molar refractivity (Wildman–Crippen MR) is 117 cm³/mol. The number of hydrogen-bond donors (Lipinski definition) is 0. The van der Waals surface area contributed by atoms with Crippen LogP contribution in [0.15, 0.2) is 36.4 Å². The highest BCUT2D eigenvalue weighted by molar-refractivity contribution is 6.74. The third-order valence-corrected chi connectivity index (χ3v) is 12.2. The molecule has 2 heterocycles. The third-order valence-electron chi connectivity index (χ3n) is 7.65. The summed E-state index contributed by atoms with van der Waals surface area (Å²) in [6.45, 7) is 12.1. The molecule has 1 aliphatic carbocycles. The second-order valence-corrected chi connectivity index (χ2v) is 15.2. The van der Waals surface area contributed by atoms with Gasteiger partial charge in [-0.3, -0.25) is 4.79 Å². The number of carbonyl (C=O) groups excluding carboxylic acids is 1. The molecule has 0 radical (unpaired) electrons. The summed E-state index contributed by atoms with van der Waals surface area (Å²) in [5.74, 6) is 0.932. The van der Waals surface area contributed by atoms with Crippen molar-refractivity contribution in [2.24, 2.45) is 11.8 Å². The minimum Gasteiger partial charge on any atom is -0.415 e. The normalized spacial score (nSPS) is 29.9. The first kappa shape index (κ1) is 19.9. The largest absolute Gasteiger partial charge is 0.415 e. The van der Waals surface area contributed by atoms with Crippen LogP contribution in [0.1, 0.15) is 57.2 Å². The molecule has 0 N–H and O–H groups in total. The number of piperidine rings is 1. The molecule has 0 spiro atoms. The fourth-order valence-corrected chi connectivity index (χ4v) is 5.97. The van der Waals surface area contributed by atoms with Gasteiger partial charge in [-0.2, -0.15) is 0 Å². The van der Waals surface area contributed by atoms with E-state index in [0.29, 0.717) is 18.4 Å². The summed E-state index contributed by atoms with van der Waals surface area (Å²) in [6, 6.07) is 9.10. The van der Waals surface area contributed by atoms with Gasteiger partial charge in [0.05, 0.1) is 18.7 Å². The van der Waals surface area contributed by atoms with Gasteiger partial charge in [0.2, 0.25) is 5.91 Å². The van der Waals surface area contributed by atoms with Gasteiger partial charge in [0.15, 0.2) is 8.32 Å². The van der Waals surface area contributed by atoms with Gasteiger partial charge in [0, 0.05) is 5.92 Å². The van der Waals surface area contributed by atoms with E-state index >= 15 is 0 Å². The lowest BCUT2D eigenvalue weighted by molar-refractivity contribution is -0.150. The summed E-state index contributed by atoms with van der Waals surface area (Å²) in [5, 5.41) is 0.185. The molecule has 3 aliphatic rings. The van der Waals surface area contributed by atoms with Gasteiger partial charge in [0.25, 0.3) is 0 Å². The monoisotopic (exact) mass is 397 g/mol. The van der Waals surface area contributed by atoms with Crippen molar-refractivity contribution in [1.82, 2.24) is 4.90 Å². The molecular formula is C24H35NO2Si. The Morgan fingerprint density at radius 1 is 1.21 bits per heavy atom. The third kappa shape index (κ3) is 3.39. The van der Waals surface area contributed by atoms with Crippen LogP contribution in [-0.4, -0.2) is 31.8 Å². The maximum Gasteiger partial charge on any atom is 0.227 e. The molecule has 4 atom stereocenters. The van der Waals surface area contributed by atoms with Gasteiger partial charge < -0.3 is 9.33 Å². The fourth-order valence-electron chi connectivity index (χ4n) is 4.93. The number of carbonyl (C=O) groups is 1. The quantitative estimate of drug-likeness (QED) is 0.499. The van der Waals surface area contributed by atoms with E-state index in [0.717, 1.165) is 25.7 Å². The summed E-state index contributed by atoms with van der Waals surface area (Å²) in [4.78, 5) is 15.8. The van der Waals surface area contributed by atoms with E-state index in [4.69, 9.17) is 4.43 Å². The number of hydrogen-bond acceptors (Lipinski definition) is 2. The number of allylic oxidation sites excluding steroid dienone is 2. The topological polar surface area (TPSA) is 29.5 Å². The van der Waals surface area contributed by atoms with Crippen LogP contribution in [0.25, 0.3) is 0 Å². The Kier molecular flexibility index (Phi) is 5.07. The van der Waals surface area contributed by atoms with Gasteiger partial charge in [-0.15, -0.1) is 0 Å². The minimum atomic E-state index is -1.84. The van der Waals surface area contributed by atoms with Gasteiger partial charge in [-0.1, -0.05) is 57.2 Å². The van der Waals surface area contributed by atoms with Crippen LogP contribution in [0.5, 0.6) is 0 Å². The van der Waals surface area contributed by atoms with Gasteiger partial charge in [-0.25, -0.2) is 0 Å². The lowest BCUT2D eigenvalue weighted by atomic mass is 9.71. The Bertz CT molecular complexity index is 779. The molecule has 1 saturated heterocycles. The highest BCUT2D eigenvalue weighted by Gasteiger charge is 2.48. The van der Waals surface area contributed by atoms with Crippen molar-refractivity contribution in [2.45, 2.75) is 76.7 Å². The number of amides is 1. The molecule has 0 aromatic heterocycles. The molecule has 4 heteroatoms. The smallest absolute Gasteiger partial charge is 0.227 e. The van der Waals surface area contributed by atoms with Crippen LogP contribution in [-0.2, 0) is 15.6 Å². The Hall–Kier alpha value is -1.39. The van der Waals surface area contributed by atoms with Crippen LogP contribution in [0.4, 0.5) is 0 Å². The van der Waals surface area contributed by atoms with E-state index in [9.17, 15) is 4.79 Å². The molecule has 1 aromatic rings. The van der Waals surface area contributed by atoms with Gasteiger partial charge in [0.1, 0.15) is 0 Å². The van der Waals surface area contributed by atoms with E-state index in [1.165, 1.54) is 11.1 Å². The summed E-state index contributed by atoms with van der Waals surface area (Å²) in [7, 11) is -1.84. The van der Waals surface area contributed by atoms with Gasteiger partial charge >= 0.3 is 0 Å². The van der Waals surface area contributed by atoms with E-state index in [1.807, 2.05) is 0 Å².